The predicted octanol–water partition coefficient (Wildman–Crippen LogP) is 3.35. The van der Waals surface area contributed by atoms with Gasteiger partial charge in [0.1, 0.15) is 16.9 Å². The van der Waals surface area contributed by atoms with E-state index in [1.807, 2.05) is 32.0 Å². The molecule has 162 valence electrons. The number of hydrogen-bond donors (Lipinski definition) is 1. The minimum Gasteiger partial charge on any atom is -0.487 e. The van der Waals surface area contributed by atoms with Crippen LogP contribution in [0.3, 0.4) is 0 Å². The van der Waals surface area contributed by atoms with Crippen LogP contribution in [-0.4, -0.2) is 43.6 Å². The van der Waals surface area contributed by atoms with Gasteiger partial charge < -0.3 is 19.4 Å². The van der Waals surface area contributed by atoms with E-state index in [-0.39, 0.29) is 17.9 Å². The number of likely N-dealkylation sites (N-methyl/N-ethyl adjacent to an activating group) is 1. The minimum atomic E-state index is -0.439. The number of aryl methyl sites for hydroxylation is 2. The molecule has 6 heteroatoms. The van der Waals surface area contributed by atoms with Gasteiger partial charge in [0.25, 0.3) is 0 Å². The van der Waals surface area contributed by atoms with E-state index in [9.17, 15) is 9.59 Å². The highest BCUT2D eigenvalue weighted by Crippen LogP contribution is 2.43. The molecule has 2 aliphatic rings. The number of amides is 1. The number of rotatable bonds is 5. The molecule has 2 heterocycles. The van der Waals surface area contributed by atoms with E-state index >= 15 is 0 Å². The first-order chi connectivity index (χ1) is 14.4. The molecule has 1 spiro atoms. The monoisotopic (exact) mass is 412 g/mol. The van der Waals surface area contributed by atoms with Crippen LogP contribution in [0.4, 0.5) is 0 Å². The highest BCUT2D eigenvalue weighted by Gasteiger charge is 2.37. The Hall–Kier alpha value is -2.34. The van der Waals surface area contributed by atoms with E-state index in [0.717, 1.165) is 54.5 Å². The molecular formula is C24H32N2O4. The summed E-state index contributed by atoms with van der Waals surface area (Å²) < 4.78 is 12.1. The standard InChI is InChI=1S/C24H32N2O4/c1-16-18-13-17-7-10-24(8-5-4-6-9-24)30-20(17)15-21(18)29-23(28)19(16)14-22(27)25-11-12-26(2)3/h13,15H,4-12,14H2,1-3H3,(H,25,27). The molecule has 1 aliphatic heterocycles. The summed E-state index contributed by atoms with van der Waals surface area (Å²) in [6.45, 7) is 3.21. The number of benzene rings is 1. The topological polar surface area (TPSA) is 71.8 Å². The summed E-state index contributed by atoms with van der Waals surface area (Å²) in [7, 11) is 3.91. The molecule has 1 amide bonds. The van der Waals surface area contributed by atoms with Crippen molar-refractivity contribution in [3.05, 3.63) is 39.2 Å². The summed E-state index contributed by atoms with van der Waals surface area (Å²) in [4.78, 5) is 26.9. The number of nitrogens with one attached hydrogen (secondary N) is 1. The molecule has 0 radical (unpaired) electrons. The number of carbonyl (C=O) groups excluding carboxylic acids is 1. The molecule has 1 aromatic carbocycles. The molecule has 0 unspecified atom stereocenters. The fourth-order valence-electron chi connectivity index (χ4n) is 4.79. The Morgan fingerprint density at radius 1 is 1.17 bits per heavy atom. The van der Waals surface area contributed by atoms with E-state index in [0.29, 0.717) is 17.7 Å². The Morgan fingerprint density at radius 2 is 1.93 bits per heavy atom. The van der Waals surface area contributed by atoms with Crippen LogP contribution in [-0.2, 0) is 17.6 Å². The zero-order valence-corrected chi connectivity index (χ0v) is 18.3. The van der Waals surface area contributed by atoms with E-state index in [1.54, 1.807) is 0 Å². The molecular weight excluding hydrogens is 380 g/mol. The number of fused-ring (bicyclic) bond motifs is 2. The normalized spacial score (nSPS) is 17.7. The first kappa shape index (κ1) is 20.9. The van der Waals surface area contributed by atoms with Crippen LogP contribution in [0.5, 0.6) is 5.75 Å². The van der Waals surface area contributed by atoms with Crippen LogP contribution < -0.4 is 15.7 Å². The lowest BCUT2D eigenvalue weighted by atomic mass is 9.79. The van der Waals surface area contributed by atoms with Crippen molar-refractivity contribution in [3.8, 4) is 5.75 Å². The maximum absolute atomic E-state index is 12.6. The molecule has 4 rings (SSSR count). The second kappa shape index (κ2) is 8.42. The fourth-order valence-corrected chi connectivity index (χ4v) is 4.79. The Bertz CT molecular complexity index is 1000. The van der Waals surface area contributed by atoms with Gasteiger partial charge in [0.15, 0.2) is 0 Å². The molecule has 0 saturated heterocycles. The van der Waals surface area contributed by atoms with Gasteiger partial charge in [-0.25, -0.2) is 4.79 Å². The lowest BCUT2D eigenvalue weighted by Crippen LogP contribution is -2.41. The average molecular weight is 413 g/mol. The highest BCUT2D eigenvalue weighted by atomic mass is 16.5. The van der Waals surface area contributed by atoms with Gasteiger partial charge in [0, 0.05) is 24.5 Å². The third-order valence-corrected chi connectivity index (χ3v) is 6.63. The van der Waals surface area contributed by atoms with Crippen molar-refractivity contribution in [2.75, 3.05) is 27.2 Å². The number of hydrogen-bond acceptors (Lipinski definition) is 5. The Kier molecular flexibility index (Phi) is 5.87. The molecule has 0 atom stereocenters. The molecule has 6 nitrogen and oxygen atoms in total. The largest absolute Gasteiger partial charge is 0.487 e. The maximum atomic E-state index is 12.6. The number of carbonyl (C=O) groups is 1. The molecule has 1 saturated carbocycles. The van der Waals surface area contributed by atoms with Gasteiger partial charge in [-0.3, -0.25) is 4.79 Å². The van der Waals surface area contributed by atoms with Gasteiger partial charge in [-0.05, 0) is 76.7 Å². The summed E-state index contributed by atoms with van der Waals surface area (Å²) in [5.74, 6) is 0.694. The van der Waals surface area contributed by atoms with Gasteiger partial charge in [0.05, 0.1) is 12.0 Å². The van der Waals surface area contributed by atoms with Crippen LogP contribution >= 0.6 is 0 Å². The van der Waals surface area contributed by atoms with E-state index in [2.05, 4.69) is 11.4 Å². The SMILES string of the molecule is Cc1c(CC(=O)NCCN(C)C)c(=O)oc2cc3c(cc12)CCC1(CCCCC1)O3. The summed E-state index contributed by atoms with van der Waals surface area (Å²) in [6.07, 6.45) is 7.99. The van der Waals surface area contributed by atoms with E-state index < -0.39 is 5.63 Å². The second-order valence-electron chi connectivity index (χ2n) is 9.12. The number of nitrogens with zero attached hydrogens (tertiary/aromatic N) is 1. The number of ether oxygens (including phenoxy) is 1. The zero-order valence-electron chi connectivity index (χ0n) is 18.3. The van der Waals surface area contributed by atoms with Crippen LogP contribution in [0, 0.1) is 6.92 Å². The average Bonchev–Trinajstić information content (AvgIpc) is 2.70. The maximum Gasteiger partial charge on any atom is 0.340 e. The summed E-state index contributed by atoms with van der Waals surface area (Å²) in [5, 5.41) is 3.76. The highest BCUT2D eigenvalue weighted by molar-refractivity contribution is 5.86. The molecule has 1 N–H and O–H groups in total. The molecule has 1 aliphatic carbocycles. The van der Waals surface area contributed by atoms with Crippen LogP contribution in [0.1, 0.15) is 55.2 Å². The zero-order chi connectivity index (χ0) is 21.3. The van der Waals surface area contributed by atoms with Crippen molar-refractivity contribution in [3.63, 3.8) is 0 Å². The van der Waals surface area contributed by atoms with Crippen molar-refractivity contribution in [2.24, 2.45) is 0 Å². The molecule has 1 aromatic heterocycles. The quantitative estimate of drug-likeness (QED) is 0.763. The van der Waals surface area contributed by atoms with Crippen LogP contribution in [0.25, 0.3) is 11.0 Å². The Morgan fingerprint density at radius 3 is 2.67 bits per heavy atom. The molecule has 0 bridgehead atoms. The lowest BCUT2D eigenvalue weighted by molar-refractivity contribution is -0.120. The van der Waals surface area contributed by atoms with Crippen molar-refractivity contribution < 1.29 is 13.9 Å². The first-order valence-electron chi connectivity index (χ1n) is 11.1. The molecule has 2 aromatic rings. The summed E-state index contributed by atoms with van der Waals surface area (Å²) in [6, 6.07) is 3.97. The first-order valence-corrected chi connectivity index (χ1v) is 11.1. The van der Waals surface area contributed by atoms with Crippen molar-refractivity contribution in [1.82, 2.24) is 10.2 Å². The van der Waals surface area contributed by atoms with Crippen molar-refractivity contribution >= 4 is 16.9 Å². The summed E-state index contributed by atoms with van der Waals surface area (Å²) in [5.41, 5.74) is 2.48. The van der Waals surface area contributed by atoms with Crippen molar-refractivity contribution in [1.29, 1.82) is 0 Å². The Labute approximate surface area is 177 Å². The molecule has 30 heavy (non-hydrogen) atoms. The molecule has 1 fully saturated rings. The van der Waals surface area contributed by atoms with Crippen LogP contribution in [0.2, 0.25) is 0 Å². The fraction of sp³-hybridized carbons (Fsp3) is 0.583. The predicted molar refractivity (Wildman–Crippen MR) is 117 cm³/mol. The Balaban J connectivity index is 1.59. The second-order valence-corrected chi connectivity index (χ2v) is 9.12. The third kappa shape index (κ3) is 4.24. The van der Waals surface area contributed by atoms with E-state index in [1.165, 1.54) is 19.3 Å². The van der Waals surface area contributed by atoms with Gasteiger partial charge in [-0.15, -0.1) is 0 Å². The minimum absolute atomic E-state index is 0.0359. The van der Waals surface area contributed by atoms with Crippen molar-refractivity contribution in [2.45, 2.75) is 63.9 Å². The van der Waals surface area contributed by atoms with Crippen LogP contribution in [0.15, 0.2) is 21.3 Å². The van der Waals surface area contributed by atoms with Gasteiger partial charge in [-0.2, -0.15) is 0 Å². The van der Waals surface area contributed by atoms with Gasteiger partial charge in [0.2, 0.25) is 5.91 Å². The third-order valence-electron chi connectivity index (χ3n) is 6.63. The van der Waals surface area contributed by atoms with Gasteiger partial charge in [-0.1, -0.05) is 6.42 Å². The lowest BCUT2D eigenvalue weighted by Gasteiger charge is -2.41. The van der Waals surface area contributed by atoms with Gasteiger partial charge >= 0.3 is 5.63 Å². The van der Waals surface area contributed by atoms with E-state index in [4.69, 9.17) is 9.15 Å². The summed E-state index contributed by atoms with van der Waals surface area (Å²) >= 11 is 0. The smallest absolute Gasteiger partial charge is 0.340 e.